The van der Waals surface area contributed by atoms with E-state index in [9.17, 15) is 9.59 Å². The Morgan fingerprint density at radius 3 is 2.84 bits per heavy atom. The van der Waals surface area contributed by atoms with Crippen molar-refractivity contribution in [3.8, 4) is 0 Å². The molecule has 1 aromatic carbocycles. The zero-order chi connectivity index (χ0) is 14.0. The summed E-state index contributed by atoms with van der Waals surface area (Å²) in [6, 6.07) is 5.01. The van der Waals surface area contributed by atoms with Gasteiger partial charge in [0.1, 0.15) is 5.38 Å². The van der Waals surface area contributed by atoms with Gasteiger partial charge in [-0.05, 0) is 25.1 Å². The monoisotopic (exact) mass is 298 g/mol. The minimum atomic E-state index is -0.627. The molecule has 0 saturated carbocycles. The molecule has 0 aliphatic heterocycles. The van der Waals surface area contributed by atoms with E-state index in [2.05, 4.69) is 15.0 Å². The first kappa shape index (κ1) is 13.8. The summed E-state index contributed by atoms with van der Waals surface area (Å²) >= 11 is 6.94. The van der Waals surface area contributed by atoms with Crippen LogP contribution in [0.1, 0.15) is 17.3 Å². The van der Waals surface area contributed by atoms with Gasteiger partial charge in [0.05, 0.1) is 22.9 Å². The summed E-state index contributed by atoms with van der Waals surface area (Å²) in [5.41, 5.74) is 1.15. The average molecular weight is 299 g/mol. The molecule has 0 spiro atoms. The van der Waals surface area contributed by atoms with Crippen molar-refractivity contribution >= 4 is 50.2 Å². The predicted octanol–water partition coefficient (Wildman–Crippen LogP) is 2.65. The smallest absolute Gasteiger partial charge is 0.337 e. The summed E-state index contributed by atoms with van der Waals surface area (Å²) in [6.45, 7) is 1.58. The first-order chi connectivity index (χ1) is 9.01. The van der Waals surface area contributed by atoms with E-state index in [-0.39, 0.29) is 5.91 Å². The van der Waals surface area contributed by atoms with E-state index >= 15 is 0 Å². The van der Waals surface area contributed by atoms with E-state index < -0.39 is 11.3 Å². The van der Waals surface area contributed by atoms with Crippen LogP contribution in [-0.4, -0.2) is 29.3 Å². The molecule has 100 valence electrons. The van der Waals surface area contributed by atoms with Gasteiger partial charge in [-0.25, -0.2) is 9.78 Å². The van der Waals surface area contributed by atoms with Gasteiger partial charge in [0.15, 0.2) is 5.13 Å². The molecule has 1 atom stereocenters. The Kier molecular flexibility index (Phi) is 4.01. The molecule has 0 saturated heterocycles. The van der Waals surface area contributed by atoms with E-state index in [1.165, 1.54) is 18.4 Å². The summed E-state index contributed by atoms with van der Waals surface area (Å²) in [5.74, 6) is -0.718. The topological polar surface area (TPSA) is 68.3 Å². The van der Waals surface area contributed by atoms with Crippen molar-refractivity contribution in [2.75, 3.05) is 12.4 Å². The molecule has 1 N–H and O–H groups in total. The van der Waals surface area contributed by atoms with Crippen molar-refractivity contribution in [2.45, 2.75) is 12.3 Å². The zero-order valence-corrected chi connectivity index (χ0v) is 11.8. The van der Waals surface area contributed by atoms with Crippen LogP contribution in [0.25, 0.3) is 10.2 Å². The second-order valence-electron chi connectivity index (χ2n) is 3.80. The minimum absolute atomic E-state index is 0.311. The lowest BCUT2D eigenvalue weighted by molar-refractivity contribution is -0.115. The number of aromatic nitrogens is 1. The highest BCUT2D eigenvalue weighted by atomic mass is 35.5. The maximum absolute atomic E-state index is 11.5. The molecule has 0 bridgehead atoms. The van der Waals surface area contributed by atoms with Crippen molar-refractivity contribution in [3.63, 3.8) is 0 Å². The highest BCUT2D eigenvalue weighted by Crippen LogP contribution is 2.27. The first-order valence-corrected chi connectivity index (χ1v) is 6.70. The van der Waals surface area contributed by atoms with Crippen molar-refractivity contribution in [2.24, 2.45) is 0 Å². The summed E-state index contributed by atoms with van der Waals surface area (Å²) in [5, 5.41) is 2.44. The number of methoxy groups -OCH3 is 1. The van der Waals surface area contributed by atoms with Crippen molar-refractivity contribution in [1.82, 2.24) is 4.98 Å². The van der Waals surface area contributed by atoms with Gasteiger partial charge >= 0.3 is 5.97 Å². The van der Waals surface area contributed by atoms with E-state index in [0.717, 1.165) is 4.70 Å². The van der Waals surface area contributed by atoms with Crippen LogP contribution in [0.4, 0.5) is 5.13 Å². The van der Waals surface area contributed by atoms with Crippen LogP contribution in [0.15, 0.2) is 18.2 Å². The van der Waals surface area contributed by atoms with E-state index in [1.807, 2.05) is 0 Å². The van der Waals surface area contributed by atoms with Gasteiger partial charge in [0.25, 0.3) is 0 Å². The standard InChI is InChI=1S/C12H11ClN2O3S/c1-6(13)10(16)15-12-14-8-4-3-7(11(17)18-2)5-9(8)19-12/h3-6H,1-2H3,(H,14,15,16)/t6-/m1/s1. The number of alkyl halides is 1. The third kappa shape index (κ3) is 3.02. The number of hydrogen-bond acceptors (Lipinski definition) is 5. The Morgan fingerprint density at radius 2 is 2.21 bits per heavy atom. The zero-order valence-electron chi connectivity index (χ0n) is 10.3. The summed E-state index contributed by atoms with van der Waals surface area (Å²) in [7, 11) is 1.33. The maximum atomic E-state index is 11.5. The Balaban J connectivity index is 2.30. The van der Waals surface area contributed by atoms with Gasteiger partial charge < -0.3 is 10.1 Å². The lowest BCUT2D eigenvalue weighted by Crippen LogP contribution is -2.19. The number of rotatable bonds is 3. The normalized spacial score (nSPS) is 12.2. The number of amides is 1. The number of nitrogens with one attached hydrogen (secondary N) is 1. The number of benzene rings is 1. The quantitative estimate of drug-likeness (QED) is 0.699. The van der Waals surface area contributed by atoms with Gasteiger partial charge in [0, 0.05) is 0 Å². The van der Waals surface area contributed by atoms with Crippen molar-refractivity contribution in [1.29, 1.82) is 0 Å². The van der Waals surface area contributed by atoms with E-state index in [1.54, 1.807) is 25.1 Å². The molecule has 1 amide bonds. The van der Waals surface area contributed by atoms with Crippen LogP contribution in [0.3, 0.4) is 0 Å². The summed E-state index contributed by atoms with van der Waals surface area (Å²) in [4.78, 5) is 27.1. The van der Waals surface area contributed by atoms with Crippen LogP contribution in [0.2, 0.25) is 0 Å². The Labute approximate surface area is 118 Å². The van der Waals surface area contributed by atoms with E-state index in [4.69, 9.17) is 11.6 Å². The van der Waals surface area contributed by atoms with Crippen LogP contribution in [0.5, 0.6) is 0 Å². The number of anilines is 1. The largest absolute Gasteiger partial charge is 0.465 e. The maximum Gasteiger partial charge on any atom is 0.337 e. The molecular weight excluding hydrogens is 288 g/mol. The van der Waals surface area contributed by atoms with Crippen LogP contribution in [0, 0.1) is 0 Å². The molecule has 19 heavy (non-hydrogen) atoms. The molecule has 7 heteroatoms. The lowest BCUT2D eigenvalue weighted by atomic mass is 10.2. The van der Waals surface area contributed by atoms with Crippen molar-refractivity contribution < 1.29 is 14.3 Å². The third-order valence-corrected chi connectivity index (χ3v) is 3.53. The van der Waals surface area contributed by atoms with Crippen LogP contribution >= 0.6 is 22.9 Å². The van der Waals surface area contributed by atoms with Gasteiger partial charge in [-0.3, -0.25) is 4.79 Å². The fourth-order valence-corrected chi connectivity index (χ4v) is 2.39. The molecule has 0 aliphatic carbocycles. The van der Waals surface area contributed by atoms with E-state index in [0.29, 0.717) is 16.2 Å². The van der Waals surface area contributed by atoms with Gasteiger partial charge in [-0.1, -0.05) is 11.3 Å². The highest BCUT2D eigenvalue weighted by Gasteiger charge is 2.13. The minimum Gasteiger partial charge on any atom is -0.465 e. The second-order valence-corrected chi connectivity index (χ2v) is 5.48. The molecule has 2 aromatic rings. The number of nitrogens with zero attached hydrogens (tertiary/aromatic N) is 1. The highest BCUT2D eigenvalue weighted by molar-refractivity contribution is 7.22. The molecule has 0 unspecified atom stereocenters. The Bertz CT molecular complexity index is 639. The SMILES string of the molecule is COC(=O)c1ccc2nc(NC(=O)[C@@H](C)Cl)sc2c1. The van der Waals surface area contributed by atoms with Gasteiger partial charge in [0.2, 0.25) is 5.91 Å². The molecule has 2 rings (SSSR count). The first-order valence-electron chi connectivity index (χ1n) is 5.45. The summed E-state index contributed by atoms with van der Waals surface area (Å²) in [6.07, 6.45) is 0. The molecule has 0 aliphatic rings. The number of halogens is 1. The Morgan fingerprint density at radius 1 is 1.47 bits per heavy atom. The molecule has 0 radical (unpaired) electrons. The number of thiazole rings is 1. The Hall–Kier alpha value is -1.66. The number of carbonyl (C=O) groups excluding carboxylic acids is 2. The molecule has 5 nitrogen and oxygen atoms in total. The predicted molar refractivity (Wildman–Crippen MR) is 74.9 cm³/mol. The molecule has 0 fully saturated rings. The summed E-state index contributed by atoms with van der Waals surface area (Å²) < 4.78 is 5.44. The number of esters is 1. The lowest BCUT2D eigenvalue weighted by Gasteiger charge is -2.01. The van der Waals surface area contributed by atoms with Crippen LogP contribution in [-0.2, 0) is 9.53 Å². The van der Waals surface area contributed by atoms with Crippen LogP contribution < -0.4 is 5.32 Å². The fraction of sp³-hybridized carbons (Fsp3) is 0.250. The van der Waals surface area contributed by atoms with Crippen molar-refractivity contribution in [3.05, 3.63) is 23.8 Å². The number of hydrogen-bond donors (Lipinski definition) is 1. The number of fused-ring (bicyclic) bond motifs is 1. The fourth-order valence-electron chi connectivity index (χ4n) is 1.43. The molecule has 1 heterocycles. The van der Waals surface area contributed by atoms with Gasteiger partial charge in [-0.2, -0.15) is 0 Å². The number of carbonyl (C=O) groups is 2. The molecular formula is C12H11ClN2O3S. The molecule has 1 aromatic heterocycles. The third-order valence-electron chi connectivity index (χ3n) is 2.40. The number of ether oxygens (including phenoxy) is 1. The second kappa shape index (κ2) is 5.54. The van der Waals surface area contributed by atoms with Gasteiger partial charge in [-0.15, -0.1) is 11.6 Å². The average Bonchev–Trinajstić information content (AvgIpc) is 2.78.